The van der Waals surface area contributed by atoms with E-state index < -0.39 is 10.8 Å². The van der Waals surface area contributed by atoms with Gasteiger partial charge in [-0.1, -0.05) is 17.7 Å². The molecular formula is C22H29N3O5S. The molecule has 0 saturated carbocycles. The molecule has 31 heavy (non-hydrogen) atoms. The maximum Gasteiger partial charge on any atom is 0.409 e. The Balaban J connectivity index is 1.48. The number of nitrogens with zero attached hydrogens (tertiary/aromatic N) is 2. The van der Waals surface area contributed by atoms with Crippen molar-refractivity contribution in [3.63, 3.8) is 0 Å². The Morgan fingerprint density at radius 2 is 2.03 bits per heavy atom. The molecule has 168 valence electrons. The summed E-state index contributed by atoms with van der Waals surface area (Å²) in [4.78, 5) is 30.2. The van der Waals surface area contributed by atoms with Gasteiger partial charge in [-0.15, -0.1) is 0 Å². The summed E-state index contributed by atoms with van der Waals surface area (Å²) in [6.45, 7) is 6.97. The number of nitrogens with one attached hydrogen (secondary N) is 1. The lowest BCUT2D eigenvalue weighted by Crippen LogP contribution is -2.47. The number of rotatable bonds is 7. The molecule has 1 aromatic carbocycles. The molecule has 2 heterocycles. The Kier molecular flexibility index (Phi) is 7.84. The lowest BCUT2D eigenvalue weighted by molar-refractivity contribution is -0.119. The summed E-state index contributed by atoms with van der Waals surface area (Å²) in [5, 5.41) is 2.92. The highest BCUT2D eigenvalue weighted by Crippen LogP contribution is 2.23. The van der Waals surface area contributed by atoms with Crippen LogP contribution in [0.5, 0.6) is 0 Å². The predicted octanol–water partition coefficient (Wildman–Crippen LogP) is 2.94. The fourth-order valence-electron chi connectivity index (χ4n) is 3.50. The quantitative estimate of drug-likeness (QED) is 0.700. The van der Waals surface area contributed by atoms with Crippen LogP contribution in [0, 0.1) is 13.8 Å². The molecule has 1 aromatic heterocycles. The van der Waals surface area contributed by atoms with Crippen LogP contribution in [0.25, 0.3) is 11.5 Å². The van der Waals surface area contributed by atoms with Gasteiger partial charge >= 0.3 is 6.09 Å². The summed E-state index contributed by atoms with van der Waals surface area (Å²) in [5.41, 5.74) is 2.57. The minimum Gasteiger partial charge on any atom is -0.450 e. The summed E-state index contributed by atoms with van der Waals surface area (Å²) in [5.74, 6) is 0.913. The predicted molar refractivity (Wildman–Crippen MR) is 118 cm³/mol. The Labute approximate surface area is 184 Å². The molecule has 2 aromatic rings. The molecule has 3 rings (SSSR count). The zero-order chi connectivity index (χ0) is 22.4. The molecular weight excluding hydrogens is 418 g/mol. The highest BCUT2D eigenvalue weighted by molar-refractivity contribution is 7.84. The van der Waals surface area contributed by atoms with Crippen LogP contribution in [0.4, 0.5) is 4.79 Å². The van der Waals surface area contributed by atoms with E-state index in [4.69, 9.17) is 9.15 Å². The Morgan fingerprint density at radius 3 is 2.71 bits per heavy atom. The first-order valence-electron chi connectivity index (χ1n) is 10.4. The van der Waals surface area contributed by atoms with Gasteiger partial charge in [0.25, 0.3) is 0 Å². The monoisotopic (exact) mass is 447 g/mol. The summed E-state index contributed by atoms with van der Waals surface area (Å²) in [7, 11) is -1.40. The number of piperidine rings is 1. The molecule has 1 fully saturated rings. The average molecular weight is 448 g/mol. The minimum atomic E-state index is -1.40. The lowest BCUT2D eigenvalue weighted by Gasteiger charge is -2.31. The third kappa shape index (κ3) is 6.40. The number of carbonyl (C=O) groups excluding carboxylic acids is 2. The van der Waals surface area contributed by atoms with Gasteiger partial charge in [0.05, 0.1) is 18.1 Å². The fourth-order valence-corrected chi connectivity index (χ4v) is 4.55. The molecule has 1 atom stereocenters. The van der Waals surface area contributed by atoms with Crippen LogP contribution in [0.15, 0.2) is 28.7 Å². The van der Waals surface area contributed by atoms with E-state index >= 15 is 0 Å². The summed E-state index contributed by atoms with van der Waals surface area (Å²) in [6, 6.07) is 7.79. The Morgan fingerprint density at radius 1 is 1.29 bits per heavy atom. The summed E-state index contributed by atoms with van der Waals surface area (Å²) in [6.07, 6.45) is 0.986. The van der Waals surface area contributed by atoms with Crippen LogP contribution in [-0.2, 0) is 26.1 Å². The van der Waals surface area contributed by atoms with Crippen molar-refractivity contribution in [3.05, 3.63) is 41.3 Å². The van der Waals surface area contributed by atoms with E-state index in [1.807, 2.05) is 31.2 Å². The van der Waals surface area contributed by atoms with Gasteiger partial charge in [0.2, 0.25) is 11.8 Å². The maximum absolute atomic E-state index is 12.5. The van der Waals surface area contributed by atoms with Crippen LogP contribution in [0.2, 0.25) is 0 Å². The molecule has 1 N–H and O–H groups in total. The summed E-state index contributed by atoms with van der Waals surface area (Å²) >= 11 is 0. The molecule has 0 unspecified atom stereocenters. The molecule has 9 heteroatoms. The van der Waals surface area contributed by atoms with Gasteiger partial charge in [-0.25, -0.2) is 9.78 Å². The van der Waals surface area contributed by atoms with Gasteiger partial charge in [-0.3, -0.25) is 9.00 Å². The minimum absolute atomic E-state index is 0.0307. The van der Waals surface area contributed by atoms with Crippen molar-refractivity contribution in [2.24, 2.45) is 0 Å². The SMILES string of the molecule is CCOC(=O)N1CCC(NC(=O)C[S@](=O)Cc2nc(-c3cccc(C)c3)oc2C)CC1. The van der Waals surface area contributed by atoms with Gasteiger partial charge in [0, 0.05) is 35.5 Å². The first kappa shape index (κ1) is 23.0. The number of oxazole rings is 1. The third-order valence-electron chi connectivity index (χ3n) is 5.13. The van der Waals surface area contributed by atoms with Crippen molar-refractivity contribution in [2.75, 3.05) is 25.4 Å². The molecule has 2 amide bonds. The van der Waals surface area contributed by atoms with Gasteiger partial charge < -0.3 is 19.4 Å². The van der Waals surface area contributed by atoms with E-state index in [9.17, 15) is 13.8 Å². The van der Waals surface area contributed by atoms with E-state index in [-0.39, 0.29) is 29.5 Å². The van der Waals surface area contributed by atoms with E-state index in [2.05, 4.69) is 10.3 Å². The zero-order valence-electron chi connectivity index (χ0n) is 18.2. The molecule has 1 saturated heterocycles. The normalized spacial score (nSPS) is 15.5. The summed E-state index contributed by atoms with van der Waals surface area (Å²) < 4.78 is 23.3. The first-order valence-corrected chi connectivity index (χ1v) is 11.9. The second-order valence-electron chi connectivity index (χ2n) is 7.65. The Hall–Kier alpha value is -2.68. The van der Waals surface area contributed by atoms with Crippen molar-refractivity contribution < 1.29 is 23.0 Å². The van der Waals surface area contributed by atoms with E-state index in [0.717, 1.165) is 11.1 Å². The number of hydrogen-bond donors (Lipinski definition) is 1. The van der Waals surface area contributed by atoms with Crippen LogP contribution in [-0.4, -0.2) is 57.6 Å². The van der Waals surface area contributed by atoms with Gasteiger partial charge in [-0.05, 0) is 45.7 Å². The molecule has 0 aliphatic carbocycles. The highest BCUT2D eigenvalue weighted by atomic mass is 32.2. The number of benzene rings is 1. The van der Waals surface area contributed by atoms with Crippen molar-refractivity contribution in [1.82, 2.24) is 15.2 Å². The van der Waals surface area contributed by atoms with Crippen molar-refractivity contribution in [3.8, 4) is 11.5 Å². The van der Waals surface area contributed by atoms with Crippen LogP contribution >= 0.6 is 0 Å². The molecule has 8 nitrogen and oxygen atoms in total. The van der Waals surface area contributed by atoms with Crippen LogP contribution in [0.1, 0.15) is 36.8 Å². The van der Waals surface area contributed by atoms with Gasteiger partial charge in [-0.2, -0.15) is 0 Å². The number of amides is 2. The molecule has 0 spiro atoms. The molecule has 0 bridgehead atoms. The number of carbonyl (C=O) groups is 2. The second kappa shape index (κ2) is 10.6. The third-order valence-corrected chi connectivity index (χ3v) is 6.31. The fraction of sp³-hybridized carbons (Fsp3) is 0.500. The number of aromatic nitrogens is 1. The highest BCUT2D eigenvalue weighted by Gasteiger charge is 2.25. The standard InChI is InChI=1S/C22H29N3O5S/c1-4-29-22(27)25-10-8-18(9-11-25)23-20(26)14-31(28)13-19-16(3)30-21(24-19)17-7-5-6-15(2)12-17/h5-7,12,18H,4,8-11,13-14H2,1-3H3,(H,23,26)/t31-/m1/s1. The maximum atomic E-state index is 12.5. The molecule has 0 radical (unpaired) electrons. The van der Waals surface area contributed by atoms with E-state index in [1.165, 1.54) is 0 Å². The Bertz CT molecular complexity index is 950. The van der Waals surface area contributed by atoms with Gasteiger partial charge in [0.1, 0.15) is 11.5 Å². The second-order valence-corrected chi connectivity index (χ2v) is 9.10. The van der Waals surface area contributed by atoms with Crippen molar-refractivity contribution in [1.29, 1.82) is 0 Å². The van der Waals surface area contributed by atoms with Gasteiger partial charge in [0.15, 0.2) is 0 Å². The van der Waals surface area contributed by atoms with Crippen molar-refractivity contribution >= 4 is 22.8 Å². The number of hydrogen-bond acceptors (Lipinski definition) is 6. The first-order chi connectivity index (χ1) is 14.9. The number of aryl methyl sites for hydroxylation is 2. The average Bonchev–Trinajstić information content (AvgIpc) is 3.09. The molecule has 1 aliphatic heterocycles. The van der Waals surface area contributed by atoms with E-state index in [1.54, 1.807) is 18.7 Å². The zero-order valence-corrected chi connectivity index (χ0v) is 19.0. The van der Waals surface area contributed by atoms with Crippen molar-refractivity contribution in [2.45, 2.75) is 45.4 Å². The van der Waals surface area contributed by atoms with Crippen LogP contribution < -0.4 is 5.32 Å². The lowest BCUT2D eigenvalue weighted by atomic mass is 10.1. The smallest absolute Gasteiger partial charge is 0.409 e. The number of ether oxygens (including phenoxy) is 1. The van der Waals surface area contributed by atoms with E-state index in [0.29, 0.717) is 49.9 Å². The number of likely N-dealkylation sites (tertiary alicyclic amines) is 1. The largest absolute Gasteiger partial charge is 0.450 e. The molecule has 1 aliphatic rings. The van der Waals surface area contributed by atoms with Crippen LogP contribution in [0.3, 0.4) is 0 Å². The topological polar surface area (TPSA) is 102 Å².